The molecule has 0 bridgehead atoms. The molecule has 13 heteroatoms. The summed E-state index contributed by atoms with van der Waals surface area (Å²) >= 11 is 0. The van der Waals surface area contributed by atoms with Gasteiger partial charge in [-0.15, -0.1) is 0 Å². The van der Waals surface area contributed by atoms with Gasteiger partial charge in [-0.05, 0) is 6.07 Å². The third-order valence-corrected chi connectivity index (χ3v) is 6.30. The van der Waals surface area contributed by atoms with Gasteiger partial charge in [-0.3, -0.25) is 4.79 Å². The molecule has 36 heavy (non-hydrogen) atoms. The van der Waals surface area contributed by atoms with Crippen molar-refractivity contribution in [2.24, 2.45) is 7.05 Å². The minimum Gasteiger partial charge on any atom is -0.481 e. The van der Waals surface area contributed by atoms with E-state index in [1.807, 2.05) is 0 Å². The average molecular weight is 503 g/mol. The van der Waals surface area contributed by atoms with E-state index in [4.69, 9.17) is 9.47 Å². The maximum absolute atomic E-state index is 13.5. The number of ether oxygens (including phenoxy) is 2. The molecular formula is C23H24F3N7O3. The van der Waals surface area contributed by atoms with E-state index in [1.165, 1.54) is 12.5 Å². The van der Waals surface area contributed by atoms with E-state index in [1.54, 1.807) is 33.9 Å². The summed E-state index contributed by atoms with van der Waals surface area (Å²) in [5.74, 6) is -0.258. The van der Waals surface area contributed by atoms with Crippen LogP contribution in [0.3, 0.4) is 0 Å². The van der Waals surface area contributed by atoms with E-state index in [0.29, 0.717) is 55.3 Å². The fourth-order valence-corrected chi connectivity index (χ4v) is 4.47. The SMILES string of the molecule is COc1ncc(N2CCc3ncnc(O[C@H]4CCN(C(=O)c5cn(C)cn5)C4)c3C2)cc1C(F)(F)F. The molecule has 190 valence electrons. The Kier molecular flexibility index (Phi) is 6.14. The molecular weight excluding hydrogens is 479 g/mol. The van der Waals surface area contributed by atoms with Crippen molar-refractivity contribution in [1.29, 1.82) is 0 Å². The van der Waals surface area contributed by atoms with Crippen LogP contribution in [-0.2, 0) is 26.2 Å². The van der Waals surface area contributed by atoms with E-state index in [-0.39, 0.29) is 18.6 Å². The minimum atomic E-state index is -4.60. The molecule has 0 unspecified atom stereocenters. The molecule has 1 fully saturated rings. The number of fused-ring (bicyclic) bond motifs is 1. The second-order valence-corrected chi connectivity index (χ2v) is 8.73. The molecule has 0 aromatic carbocycles. The summed E-state index contributed by atoms with van der Waals surface area (Å²) in [4.78, 5) is 32.8. The summed E-state index contributed by atoms with van der Waals surface area (Å²) < 4.78 is 53.2. The number of imidazole rings is 1. The van der Waals surface area contributed by atoms with Crippen LogP contribution in [0.4, 0.5) is 18.9 Å². The number of pyridine rings is 1. The van der Waals surface area contributed by atoms with Gasteiger partial charge in [0.05, 0.1) is 49.7 Å². The highest BCUT2D eigenvalue weighted by Gasteiger charge is 2.37. The molecule has 0 radical (unpaired) electrons. The van der Waals surface area contributed by atoms with E-state index in [2.05, 4.69) is 19.9 Å². The highest BCUT2D eigenvalue weighted by atomic mass is 19.4. The number of carbonyl (C=O) groups is 1. The fourth-order valence-electron chi connectivity index (χ4n) is 4.47. The van der Waals surface area contributed by atoms with Crippen molar-refractivity contribution in [2.75, 3.05) is 31.6 Å². The highest BCUT2D eigenvalue weighted by Crippen LogP contribution is 2.38. The van der Waals surface area contributed by atoms with Gasteiger partial charge in [-0.25, -0.2) is 19.9 Å². The molecule has 1 saturated heterocycles. The first kappa shape index (κ1) is 23.8. The number of carbonyl (C=O) groups excluding carboxylic acids is 1. The number of nitrogens with zero attached hydrogens (tertiary/aromatic N) is 7. The second kappa shape index (κ2) is 9.28. The maximum atomic E-state index is 13.5. The quantitative estimate of drug-likeness (QED) is 0.524. The largest absolute Gasteiger partial charge is 0.481 e. The van der Waals surface area contributed by atoms with Crippen LogP contribution >= 0.6 is 0 Å². The summed E-state index contributed by atoms with van der Waals surface area (Å²) in [6.45, 7) is 1.64. The Morgan fingerprint density at radius 3 is 2.69 bits per heavy atom. The number of methoxy groups -OCH3 is 1. The molecule has 2 aliphatic heterocycles. The van der Waals surface area contributed by atoms with Gasteiger partial charge in [0.2, 0.25) is 11.8 Å². The molecule has 0 N–H and O–H groups in total. The lowest BCUT2D eigenvalue weighted by Gasteiger charge is -2.31. The third-order valence-electron chi connectivity index (χ3n) is 6.30. The van der Waals surface area contributed by atoms with Crippen molar-refractivity contribution in [3.63, 3.8) is 0 Å². The van der Waals surface area contributed by atoms with Crippen molar-refractivity contribution in [1.82, 2.24) is 29.4 Å². The van der Waals surface area contributed by atoms with Crippen LogP contribution in [0.5, 0.6) is 11.8 Å². The Morgan fingerprint density at radius 1 is 1.14 bits per heavy atom. The van der Waals surface area contributed by atoms with Crippen LogP contribution in [0.2, 0.25) is 0 Å². The van der Waals surface area contributed by atoms with Crippen LogP contribution < -0.4 is 14.4 Å². The van der Waals surface area contributed by atoms with Gasteiger partial charge in [0.15, 0.2) is 0 Å². The molecule has 3 aromatic rings. The standard InChI is InChI=1S/C23H24F3N7O3/c1-31-11-19(30-13-31)22(34)33-5-3-15(9-33)36-20-16-10-32(6-4-18(16)28-12-29-20)14-7-17(23(24,25)26)21(35-2)27-8-14/h7-8,11-13,15H,3-6,9-10H2,1-2H3/t15-/m0/s1. The molecule has 10 nitrogen and oxygen atoms in total. The van der Waals surface area contributed by atoms with Gasteiger partial charge < -0.3 is 23.8 Å². The van der Waals surface area contributed by atoms with Gasteiger partial charge in [-0.2, -0.15) is 13.2 Å². The first-order chi connectivity index (χ1) is 17.2. The maximum Gasteiger partial charge on any atom is 0.421 e. The van der Waals surface area contributed by atoms with Crippen LogP contribution in [0.25, 0.3) is 0 Å². The van der Waals surface area contributed by atoms with Crippen molar-refractivity contribution in [3.05, 3.63) is 53.6 Å². The molecule has 0 spiro atoms. The Morgan fingerprint density at radius 2 is 1.97 bits per heavy atom. The predicted molar refractivity (Wildman–Crippen MR) is 121 cm³/mol. The number of anilines is 1. The average Bonchev–Trinajstić information content (AvgIpc) is 3.52. The number of alkyl halides is 3. The van der Waals surface area contributed by atoms with Crippen molar-refractivity contribution in [2.45, 2.75) is 31.7 Å². The van der Waals surface area contributed by atoms with E-state index in [0.717, 1.165) is 18.9 Å². The van der Waals surface area contributed by atoms with Crippen LogP contribution in [-0.4, -0.2) is 68.2 Å². The van der Waals surface area contributed by atoms with Crippen LogP contribution in [0, 0.1) is 0 Å². The third kappa shape index (κ3) is 4.64. The van der Waals surface area contributed by atoms with Gasteiger partial charge in [0.25, 0.3) is 5.91 Å². The number of aromatic nitrogens is 5. The van der Waals surface area contributed by atoms with Crippen molar-refractivity contribution >= 4 is 11.6 Å². The zero-order chi connectivity index (χ0) is 25.4. The molecule has 0 saturated carbocycles. The number of likely N-dealkylation sites (tertiary alicyclic amines) is 1. The van der Waals surface area contributed by atoms with Gasteiger partial charge in [-0.1, -0.05) is 0 Å². The number of hydrogen-bond acceptors (Lipinski definition) is 8. The summed E-state index contributed by atoms with van der Waals surface area (Å²) in [5, 5.41) is 0. The summed E-state index contributed by atoms with van der Waals surface area (Å²) in [7, 11) is 2.95. The first-order valence-corrected chi connectivity index (χ1v) is 11.4. The Bertz CT molecular complexity index is 1280. The number of hydrogen-bond donors (Lipinski definition) is 0. The molecule has 0 aliphatic carbocycles. The summed E-state index contributed by atoms with van der Waals surface area (Å²) in [5.41, 5.74) is 1.25. The van der Waals surface area contributed by atoms with Crippen molar-refractivity contribution < 1.29 is 27.4 Å². The molecule has 2 aliphatic rings. The Labute approximate surface area is 204 Å². The van der Waals surface area contributed by atoms with Gasteiger partial charge >= 0.3 is 6.18 Å². The smallest absolute Gasteiger partial charge is 0.421 e. The monoisotopic (exact) mass is 503 g/mol. The fraction of sp³-hybridized carbons (Fsp3) is 0.435. The van der Waals surface area contributed by atoms with E-state index >= 15 is 0 Å². The highest BCUT2D eigenvalue weighted by molar-refractivity contribution is 5.92. The number of amides is 1. The normalized spacial score (nSPS) is 17.8. The lowest BCUT2D eigenvalue weighted by atomic mass is 10.1. The zero-order valence-electron chi connectivity index (χ0n) is 19.7. The Balaban J connectivity index is 1.32. The molecule has 1 atom stereocenters. The molecule has 5 heterocycles. The first-order valence-electron chi connectivity index (χ1n) is 11.4. The topological polar surface area (TPSA) is 98.5 Å². The molecule has 1 amide bonds. The van der Waals surface area contributed by atoms with E-state index < -0.39 is 17.6 Å². The summed E-state index contributed by atoms with van der Waals surface area (Å²) in [6.07, 6.45) is 2.30. The van der Waals surface area contributed by atoms with Crippen LogP contribution in [0.15, 0.2) is 31.1 Å². The zero-order valence-corrected chi connectivity index (χ0v) is 19.7. The van der Waals surface area contributed by atoms with Crippen LogP contribution in [0.1, 0.15) is 33.7 Å². The predicted octanol–water partition coefficient (Wildman–Crippen LogP) is 2.49. The molecule has 3 aromatic heterocycles. The number of halogens is 3. The van der Waals surface area contributed by atoms with Gasteiger partial charge in [0, 0.05) is 39.2 Å². The second-order valence-electron chi connectivity index (χ2n) is 8.73. The summed E-state index contributed by atoms with van der Waals surface area (Å²) in [6, 6.07) is 1.04. The Hall–Kier alpha value is -3.90. The van der Waals surface area contributed by atoms with E-state index in [9.17, 15) is 18.0 Å². The lowest BCUT2D eigenvalue weighted by molar-refractivity contribution is -0.139. The van der Waals surface area contributed by atoms with Crippen molar-refractivity contribution in [3.8, 4) is 11.8 Å². The number of aryl methyl sites for hydroxylation is 1. The lowest BCUT2D eigenvalue weighted by Crippen LogP contribution is -2.33. The molecule has 5 rings (SSSR count). The minimum absolute atomic E-state index is 0.162. The number of rotatable bonds is 5. The van der Waals surface area contributed by atoms with Gasteiger partial charge in [0.1, 0.15) is 23.7 Å².